The first-order valence-electron chi connectivity index (χ1n) is 9.59. The minimum atomic E-state index is -4.94. The summed E-state index contributed by atoms with van der Waals surface area (Å²) in [6, 6.07) is 4.54. The Bertz CT molecular complexity index is 1070. The van der Waals surface area contributed by atoms with Gasteiger partial charge in [0.15, 0.2) is 0 Å². The monoisotopic (exact) mass is 546 g/mol. The minimum Gasteiger partial charge on any atom is -0.346 e. The van der Waals surface area contributed by atoms with Gasteiger partial charge in [-0.15, -0.1) is 0 Å². The Hall–Kier alpha value is -1.94. The van der Waals surface area contributed by atoms with Crippen molar-refractivity contribution < 1.29 is 31.1 Å². The van der Waals surface area contributed by atoms with E-state index in [1.807, 2.05) is 0 Å². The van der Waals surface area contributed by atoms with Crippen LogP contribution in [0.2, 0.25) is 15.1 Å². The molecule has 0 aliphatic rings. The summed E-state index contributed by atoms with van der Waals surface area (Å²) in [5.74, 6) is -3.25. The second kappa shape index (κ2) is 10.4. The third kappa shape index (κ3) is 7.04. The van der Waals surface area contributed by atoms with E-state index in [2.05, 4.69) is 5.32 Å². The van der Waals surface area contributed by atoms with Crippen LogP contribution in [0.25, 0.3) is 6.08 Å². The van der Waals surface area contributed by atoms with Gasteiger partial charge in [0, 0.05) is 12.1 Å². The normalized spacial score (nSPS) is 13.9. The lowest BCUT2D eigenvalue weighted by atomic mass is 9.96. The Morgan fingerprint density at radius 3 is 2.06 bits per heavy atom. The van der Waals surface area contributed by atoms with Crippen LogP contribution >= 0.6 is 34.8 Å². The molecule has 12 heteroatoms. The van der Waals surface area contributed by atoms with Gasteiger partial charge in [-0.25, -0.2) is 0 Å². The summed E-state index contributed by atoms with van der Waals surface area (Å²) >= 11 is 17.4. The van der Waals surface area contributed by atoms with Crippen molar-refractivity contribution in [2.45, 2.75) is 37.7 Å². The lowest BCUT2D eigenvalue weighted by Crippen LogP contribution is -2.49. The highest BCUT2D eigenvalue weighted by molar-refractivity contribution is 6.48. The maximum Gasteiger partial charge on any atom is 0.417 e. The lowest BCUT2D eigenvalue weighted by Gasteiger charge is -2.25. The number of amides is 1. The predicted molar refractivity (Wildman–Crippen MR) is 121 cm³/mol. The molecule has 3 N–H and O–H groups in total. The molecule has 1 atom stereocenters. The molecule has 2 rings (SSSR count). The lowest BCUT2D eigenvalue weighted by molar-refractivity contribution is -0.139. The van der Waals surface area contributed by atoms with Crippen LogP contribution in [0, 0.1) is 0 Å². The highest BCUT2D eigenvalue weighted by atomic mass is 35.5. The molecule has 34 heavy (non-hydrogen) atoms. The number of benzene rings is 2. The SMILES string of the molecule is CC(C)(CN)NC(=O)c1ccc(C=CC(c2cc(Cl)c(Cl)c(Cl)c2)C(F)(F)F)cc1C(F)(F)F. The first kappa shape index (κ1) is 28.3. The van der Waals surface area contributed by atoms with E-state index in [0.29, 0.717) is 12.1 Å². The number of hydrogen-bond acceptors (Lipinski definition) is 2. The molecule has 186 valence electrons. The van der Waals surface area contributed by atoms with Crippen LogP contribution in [-0.2, 0) is 6.18 Å². The molecule has 0 bridgehead atoms. The van der Waals surface area contributed by atoms with Crippen molar-refractivity contribution in [3.8, 4) is 0 Å². The average molecular weight is 548 g/mol. The molecule has 0 heterocycles. The van der Waals surface area contributed by atoms with E-state index in [1.165, 1.54) is 13.8 Å². The van der Waals surface area contributed by atoms with Crippen molar-refractivity contribution in [3.63, 3.8) is 0 Å². The van der Waals surface area contributed by atoms with E-state index in [4.69, 9.17) is 40.5 Å². The number of nitrogens with two attached hydrogens (primary N) is 1. The first-order chi connectivity index (χ1) is 15.5. The highest BCUT2D eigenvalue weighted by Gasteiger charge is 2.40. The first-order valence-corrected chi connectivity index (χ1v) is 10.7. The number of hydrogen-bond donors (Lipinski definition) is 2. The van der Waals surface area contributed by atoms with Gasteiger partial charge in [0.1, 0.15) is 0 Å². The number of carbonyl (C=O) groups is 1. The van der Waals surface area contributed by atoms with Gasteiger partial charge < -0.3 is 11.1 Å². The van der Waals surface area contributed by atoms with E-state index in [-0.39, 0.29) is 32.7 Å². The molecular weight excluding hydrogens is 529 g/mol. The van der Waals surface area contributed by atoms with Gasteiger partial charge in [-0.05, 0) is 49.2 Å². The molecule has 1 unspecified atom stereocenters. The summed E-state index contributed by atoms with van der Waals surface area (Å²) in [6.45, 7) is 3.03. The Kier molecular flexibility index (Phi) is 8.62. The smallest absolute Gasteiger partial charge is 0.346 e. The summed E-state index contributed by atoms with van der Waals surface area (Å²) < 4.78 is 82.0. The van der Waals surface area contributed by atoms with Gasteiger partial charge in [0.25, 0.3) is 5.91 Å². The summed E-state index contributed by atoms with van der Waals surface area (Å²) in [5, 5.41) is 1.85. The van der Waals surface area contributed by atoms with Crippen LogP contribution in [0.5, 0.6) is 0 Å². The third-order valence-corrected chi connectivity index (χ3v) is 5.95. The molecule has 0 radical (unpaired) electrons. The van der Waals surface area contributed by atoms with Crippen LogP contribution in [-0.4, -0.2) is 24.2 Å². The van der Waals surface area contributed by atoms with Crippen LogP contribution in [0.1, 0.15) is 46.8 Å². The highest BCUT2D eigenvalue weighted by Crippen LogP contribution is 2.41. The van der Waals surface area contributed by atoms with Crippen molar-refractivity contribution in [1.82, 2.24) is 5.32 Å². The van der Waals surface area contributed by atoms with Gasteiger partial charge in [-0.2, -0.15) is 26.3 Å². The van der Waals surface area contributed by atoms with E-state index < -0.39 is 40.8 Å². The standard InChI is InChI=1S/C22H19Cl3F6N2O/c1-20(2,10-32)33-19(34)13-5-3-11(7-15(13)22(29,30)31)4-6-14(21(26,27)28)12-8-16(23)18(25)17(24)9-12/h3-9,14H,10,32H2,1-2H3,(H,33,34). The van der Waals surface area contributed by atoms with Crippen molar-refractivity contribution in [1.29, 1.82) is 0 Å². The number of alkyl halides is 6. The Morgan fingerprint density at radius 1 is 1.03 bits per heavy atom. The summed E-state index contributed by atoms with van der Waals surface area (Å²) in [7, 11) is 0. The molecule has 0 aromatic heterocycles. The Morgan fingerprint density at radius 2 is 1.59 bits per heavy atom. The molecule has 0 saturated heterocycles. The van der Waals surface area contributed by atoms with Gasteiger partial charge in [0.2, 0.25) is 0 Å². The third-order valence-electron chi connectivity index (χ3n) is 4.75. The zero-order valence-electron chi connectivity index (χ0n) is 17.7. The van der Waals surface area contributed by atoms with E-state index >= 15 is 0 Å². The number of allylic oxidation sites excluding steroid dienone is 1. The minimum absolute atomic E-state index is 0.0293. The fourth-order valence-corrected chi connectivity index (χ4v) is 3.51. The van der Waals surface area contributed by atoms with Crippen molar-refractivity contribution in [2.75, 3.05) is 6.54 Å². The molecule has 0 aliphatic carbocycles. The van der Waals surface area contributed by atoms with E-state index in [0.717, 1.165) is 30.3 Å². The van der Waals surface area contributed by atoms with Crippen molar-refractivity contribution >= 4 is 46.8 Å². The number of nitrogens with one attached hydrogen (secondary N) is 1. The fraction of sp³-hybridized carbons (Fsp3) is 0.318. The van der Waals surface area contributed by atoms with Crippen LogP contribution < -0.4 is 11.1 Å². The van der Waals surface area contributed by atoms with Gasteiger partial charge in [0.05, 0.1) is 32.1 Å². The Balaban J connectivity index is 2.50. The van der Waals surface area contributed by atoms with Gasteiger partial charge in [-0.1, -0.05) is 53.0 Å². The number of carbonyl (C=O) groups excluding carboxylic acids is 1. The van der Waals surface area contributed by atoms with Crippen LogP contribution in [0.3, 0.4) is 0 Å². The van der Waals surface area contributed by atoms with Crippen molar-refractivity contribution in [2.24, 2.45) is 5.73 Å². The molecule has 2 aromatic rings. The zero-order chi connectivity index (χ0) is 26.1. The largest absolute Gasteiger partial charge is 0.417 e. The summed E-state index contributed by atoms with van der Waals surface area (Å²) in [5.41, 5.74) is 1.98. The fourth-order valence-electron chi connectivity index (χ4n) is 2.89. The molecule has 2 aromatic carbocycles. The molecule has 0 saturated carbocycles. The predicted octanol–water partition coefficient (Wildman–Crippen LogP) is 7.49. The maximum atomic E-state index is 13.7. The Labute approximate surface area is 206 Å². The topological polar surface area (TPSA) is 55.1 Å². The summed E-state index contributed by atoms with van der Waals surface area (Å²) in [4.78, 5) is 12.4. The zero-order valence-corrected chi connectivity index (χ0v) is 20.0. The molecular formula is C22H19Cl3F6N2O. The number of halogens is 9. The molecule has 0 aliphatic heterocycles. The van der Waals surface area contributed by atoms with Gasteiger partial charge in [-0.3, -0.25) is 4.79 Å². The summed E-state index contributed by atoms with van der Waals surface area (Å²) in [6.07, 6.45) is -8.21. The van der Waals surface area contributed by atoms with Crippen molar-refractivity contribution in [3.05, 3.63) is 73.7 Å². The molecule has 3 nitrogen and oxygen atoms in total. The van der Waals surface area contributed by atoms with E-state index in [1.54, 1.807) is 0 Å². The number of rotatable bonds is 6. The molecule has 0 fully saturated rings. The van der Waals surface area contributed by atoms with Crippen LogP contribution in [0.4, 0.5) is 26.3 Å². The second-order valence-electron chi connectivity index (χ2n) is 8.02. The quantitative estimate of drug-likeness (QED) is 0.291. The molecule has 0 spiro atoms. The maximum absolute atomic E-state index is 13.7. The van der Waals surface area contributed by atoms with E-state index in [9.17, 15) is 31.1 Å². The molecule has 1 amide bonds. The average Bonchev–Trinajstić information content (AvgIpc) is 2.70. The van der Waals surface area contributed by atoms with Crippen LogP contribution in [0.15, 0.2) is 36.4 Å². The second-order valence-corrected chi connectivity index (χ2v) is 9.21. The van der Waals surface area contributed by atoms with Gasteiger partial charge >= 0.3 is 12.4 Å².